The number of amides is 2. The molecule has 0 saturated carbocycles. The van der Waals surface area contributed by atoms with E-state index >= 15 is 0 Å². The highest BCUT2D eigenvalue weighted by atomic mass is 32.1. The minimum Gasteiger partial charge on any atom is -0.454 e. The molecule has 29 heavy (non-hydrogen) atoms. The second kappa shape index (κ2) is 8.32. The first-order chi connectivity index (χ1) is 14.1. The normalized spacial score (nSPS) is 13.0. The van der Waals surface area contributed by atoms with Gasteiger partial charge in [-0.25, -0.2) is 4.98 Å². The van der Waals surface area contributed by atoms with Gasteiger partial charge in [-0.15, -0.1) is 11.3 Å². The molecule has 2 N–H and O–H groups in total. The Kier molecular flexibility index (Phi) is 5.44. The maximum absolute atomic E-state index is 12.4. The molecule has 2 heterocycles. The molecule has 1 atom stereocenters. The van der Waals surface area contributed by atoms with Crippen molar-refractivity contribution in [3.05, 3.63) is 70.7 Å². The van der Waals surface area contributed by atoms with Gasteiger partial charge in [0.25, 0.3) is 5.91 Å². The molecule has 1 aliphatic rings. The van der Waals surface area contributed by atoms with Crippen LogP contribution in [0.2, 0.25) is 0 Å². The van der Waals surface area contributed by atoms with Crippen LogP contribution in [0.4, 0.5) is 5.13 Å². The summed E-state index contributed by atoms with van der Waals surface area (Å²) < 4.78 is 10.5. The molecule has 0 radical (unpaired) electrons. The van der Waals surface area contributed by atoms with Crippen LogP contribution in [-0.4, -0.2) is 23.6 Å². The van der Waals surface area contributed by atoms with Gasteiger partial charge in [0.15, 0.2) is 16.6 Å². The summed E-state index contributed by atoms with van der Waals surface area (Å²) in [6, 6.07) is 14.7. The monoisotopic (exact) mass is 409 g/mol. The van der Waals surface area contributed by atoms with Gasteiger partial charge in [0, 0.05) is 10.9 Å². The first kappa shape index (κ1) is 18.9. The van der Waals surface area contributed by atoms with E-state index in [0.29, 0.717) is 27.9 Å². The predicted molar refractivity (Wildman–Crippen MR) is 109 cm³/mol. The Bertz CT molecular complexity index is 1040. The van der Waals surface area contributed by atoms with Crippen molar-refractivity contribution in [2.75, 3.05) is 12.1 Å². The molecule has 1 aliphatic heterocycles. The number of carbonyl (C=O) groups excluding carboxylic acids is 2. The van der Waals surface area contributed by atoms with Gasteiger partial charge in [-0.2, -0.15) is 0 Å². The van der Waals surface area contributed by atoms with Gasteiger partial charge in [-0.3, -0.25) is 14.9 Å². The summed E-state index contributed by atoms with van der Waals surface area (Å²) in [5.74, 6) is 0.738. The van der Waals surface area contributed by atoms with Crippen LogP contribution in [-0.2, 0) is 11.2 Å². The zero-order chi connectivity index (χ0) is 20.2. The molecular formula is C21H19N3O4S. The van der Waals surface area contributed by atoms with Crippen molar-refractivity contribution in [2.45, 2.75) is 19.4 Å². The summed E-state index contributed by atoms with van der Waals surface area (Å²) in [7, 11) is 0. The van der Waals surface area contributed by atoms with Crippen LogP contribution in [0.5, 0.6) is 11.5 Å². The highest BCUT2D eigenvalue weighted by Crippen LogP contribution is 2.32. The molecule has 4 rings (SSSR count). The number of nitrogens with zero attached hydrogens (tertiary/aromatic N) is 1. The number of thiazole rings is 1. The second-order valence-corrected chi connectivity index (χ2v) is 7.40. The summed E-state index contributed by atoms with van der Waals surface area (Å²) in [4.78, 5) is 29.1. The number of fused-ring (bicyclic) bond motifs is 1. The number of ether oxygens (including phenoxy) is 2. The molecule has 1 aromatic heterocycles. The third kappa shape index (κ3) is 4.55. The lowest BCUT2D eigenvalue weighted by Gasteiger charge is -2.13. The Labute approximate surface area is 171 Å². The van der Waals surface area contributed by atoms with Crippen LogP contribution in [0, 0.1) is 0 Å². The average Bonchev–Trinajstić information content (AvgIpc) is 3.37. The molecule has 3 aromatic rings. The Morgan fingerprint density at radius 2 is 1.93 bits per heavy atom. The lowest BCUT2D eigenvalue weighted by atomic mass is 10.1. The van der Waals surface area contributed by atoms with Crippen molar-refractivity contribution < 1.29 is 19.1 Å². The van der Waals surface area contributed by atoms with E-state index in [4.69, 9.17) is 9.47 Å². The maximum Gasteiger partial charge on any atom is 0.257 e. The largest absolute Gasteiger partial charge is 0.454 e. The first-order valence-corrected chi connectivity index (χ1v) is 9.96. The van der Waals surface area contributed by atoms with Crippen molar-refractivity contribution in [2.24, 2.45) is 0 Å². The molecular weight excluding hydrogens is 390 g/mol. The smallest absolute Gasteiger partial charge is 0.257 e. The molecule has 7 nitrogen and oxygen atoms in total. The number of hydrogen-bond acceptors (Lipinski definition) is 6. The lowest BCUT2D eigenvalue weighted by Crippen LogP contribution is -2.28. The molecule has 0 fully saturated rings. The van der Waals surface area contributed by atoms with E-state index < -0.39 is 0 Å². The van der Waals surface area contributed by atoms with Gasteiger partial charge in [-0.05, 0) is 30.7 Å². The average molecular weight is 409 g/mol. The topological polar surface area (TPSA) is 89.6 Å². The number of nitrogens with one attached hydrogen (secondary N) is 2. The molecule has 0 spiro atoms. The third-order valence-corrected chi connectivity index (χ3v) is 5.23. The lowest BCUT2D eigenvalue weighted by molar-refractivity contribution is -0.121. The van der Waals surface area contributed by atoms with Crippen molar-refractivity contribution in [1.29, 1.82) is 0 Å². The van der Waals surface area contributed by atoms with Crippen molar-refractivity contribution in [3.63, 3.8) is 0 Å². The summed E-state index contributed by atoms with van der Waals surface area (Å²) in [6.45, 7) is 2.09. The molecule has 148 valence electrons. The number of hydrogen-bond donors (Lipinski definition) is 2. The minimum absolute atomic E-state index is 0.0903. The van der Waals surface area contributed by atoms with Gasteiger partial charge in [0.2, 0.25) is 12.7 Å². The summed E-state index contributed by atoms with van der Waals surface area (Å²) >= 11 is 1.28. The van der Waals surface area contributed by atoms with E-state index in [-0.39, 0.29) is 31.1 Å². The van der Waals surface area contributed by atoms with Crippen LogP contribution >= 0.6 is 11.3 Å². The fraction of sp³-hybridized carbons (Fsp3) is 0.190. The quantitative estimate of drug-likeness (QED) is 0.650. The molecule has 0 bridgehead atoms. The fourth-order valence-electron chi connectivity index (χ4n) is 2.93. The van der Waals surface area contributed by atoms with Crippen molar-refractivity contribution in [1.82, 2.24) is 10.3 Å². The Morgan fingerprint density at radius 1 is 1.14 bits per heavy atom. The SMILES string of the molecule is C[C@@H](NC(=O)Cc1csc(NC(=O)c2ccc3c(c2)OCO3)n1)c1ccccc1. The predicted octanol–water partition coefficient (Wildman–Crippen LogP) is 3.54. The molecule has 0 saturated heterocycles. The Balaban J connectivity index is 1.33. The van der Waals surface area contributed by atoms with Gasteiger partial charge in [0.1, 0.15) is 0 Å². The number of rotatable bonds is 6. The van der Waals surface area contributed by atoms with Crippen molar-refractivity contribution in [3.8, 4) is 11.5 Å². The maximum atomic E-state index is 12.4. The third-order valence-electron chi connectivity index (χ3n) is 4.43. The summed E-state index contributed by atoms with van der Waals surface area (Å²) in [5.41, 5.74) is 2.09. The van der Waals surface area contributed by atoms with E-state index in [2.05, 4.69) is 15.6 Å². The molecule has 0 unspecified atom stereocenters. The standard InChI is InChI=1S/C21H19N3O4S/c1-13(14-5-3-2-4-6-14)22-19(25)10-16-11-29-21(23-16)24-20(26)15-7-8-17-18(9-15)28-12-27-17/h2-9,11,13H,10,12H2,1H3,(H,22,25)(H,23,24,26)/t13-/m1/s1. The zero-order valence-corrected chi connectivity index (χ0v) is 16.5. The second-order valence-electron chi connectivity index (χ2n) is 6.54. The van der Waals surface area contributed by atoms with E-state index in [9.17, 15) is 9.59 Å². The molecule has 2 aromatic carbocycles. The van der Waals surface area contributed by atoms with Crippen molar-refractivity contribution >= 4 is 28.3 Å². The summed E-state index contributed by atoms with van der Waals surface area (Å²) in [5, 5.41) is 7.91. The number of anilines is 1. The van der Waals surface area contributed by atoms with Crippen LogP contribution in [0.25, 0.3) is 0 Å². The fourth-order valence-corrected chi connectivity index (χ4v) is 3.64. The number of aromatic nitrogens is 1. The van der Waals surface area contributed by atoms with Crippen LogP contribution in [0.1, 0.15) is 34.6 Å². The highest BCUT2D eigenvalue weighted by Gasteiger charge is 2.17. The van der Waals surface area contributed by atoms with Gasteiger partial charge in [-0.1, -0.05) is 30.3 Å². The molecule has 8 heteroatoms. The van der Waals surface area contributed by atoms with Crippen LogP contribution < -0.4 is 20.1 Å². The minimum atomic E-state index is -0.300. The number of benzene rings is 2. The van der Waals surface area contributed by atoms with Crippen LogP contribution in [0.15, 0.2) is 53.9 Å². The van der Waals surface area contributed by atoms with E-state index in [1.807, 2.05) is 37.3 Å². The van der Waals surface area contributed by atoms with E-state index in [1.54, 1.807) is 23.6 Å². The highest BCUT2D eigenvalue weighted by molar-refractivity contribution is 7.14. The van der Waals surface area contributed by atoms with Gasteiger partial charge in [0.05, 0.1) is 18.2 Å². The van der Waals surface area contributed by atoms with E-state index in [1.165, 1.54) is 11.3 Å². The first-order valence-electron chi connectivity index (χ1n) is 9.08. The van der Waals surface area contributed by atoms with Crippen LogP contribution in [0.3, 0.4) is 0 Å². The summed E-state index contributed by atoms with van der Waals surface area (Å²) in [6.07, 6.45) is 0.146. The zero-order valence-electron chi connectivity index (χ0n) is 15.7. The molecule has 0 aliphatic carbocycles. The molecule has 2 amide bonds. The number of carbonyl (C=O) groups is 2. The van der Waals surface area contributed by atoms with Gasteiger partial charge >= 0.3 is 0 Å². The Hall–Kier alpha value is -3.39. The van der Waals surface area contributed by atoms with Gasteiger partial charge < -0.3 is 14.8 Å². The van der Waals surface area contributed by atoms with E-state index in [0.717, 1.165) is 5.56 Å². The Morgan fingerprint density at radius 3 is 2.76 bits per heavy atom.